The Morgan fingerprint density at radius 2 is 1.67 bits per heavy atom. The van der Waals surface area contributed by atoms with Crippen LogP contribution in [0.5, 0.6) is 0 Å². The molecule has 0 atom stereocenters. The molecule has 0 fully saturated rings. The van der Waals surface area contributed by atoms with Gasteiger partial charge in [0.05, 0.1) is 5.71 Å². The summed E-state index contributed by atoms with van der Waals surface area (Å²) in [5.74, 6) is -0.676. The normalized spacial score (nSPS) is 14.1. The van der Waals surface area contributed by atoms with Gasteiger partial charge in [0, 0.05) is 20.3 Å². The molecule has 0 amide bonds. The van der Waals surface area contributed by atoms with Crippen LogP contribution >= 0.6 is 0 Å². The fourth-order valence-electron chi connectivity index (χ4n) is 0.883. The Bertz CT molecular complexity index is 160. The van der Waals surface area contributed by atoms with Crippen LogP contribution in [0.4, 0.5) is 0 Å². The van der Waals surface area contributed by atoms with Crippen molar-refractivity contribution >= 4 is 5.71 Å². The molecular formula is C9H19NO2. The minimum atomic E-state index is -0.676. The minimum absolute atomic E-state index is 0.273. The van der Waals surface area contributed by atoms with Gasteiger partial charge in [-0.1, -0.05) is 0 Å². The molecular weight excluding hydrogens is 154 g/mol. The SMILES string of the molecule is COC(C)(OC)C(C)=NC(C)C. The van der Waals surface area contributed by atoms with E-state index in [9.17, 15) is 0 Å². The highest BCUT2D eigenvalue weighted by atomic mass is 16.7. The molecule has 0 rings (SSSR count). The summed E-state index contributed by atoms with van der Waals surface area (Å²) in [6.45, 7) is 7.81. The smallest absolute Gasteiger partial charge is 0.204 e. The van der Waals surface area contributed by atoms with Crippen LogP contribution in [0.1, 0.15) is 27.7 Å². The van der Waals surface area contributed by atoms with Crippen LogP contribution in [0.2, 0.25) is 0 Å². The predicted molar refractivity (Wildman–Crippen MR) is 50.7 cm³/mol. The van der Waals surface area contributed by atoms with Gasteiger partial charge in [-0.3, -0.25) is 4.99 Å². The number of hydrogen-bond acceptors (Lipinski definition) is 3. The first kappa shape index (κ1) is 11.6. The molecule has 3 nitrogen and oxygen atoms in total. The van der Waals surface area contributed by atoms with Crippen LogP contribution in [0.15, 0.2) is 4.99 Å². The Kier molecular flexibility index (Phi) is 4.42. The van der Waals surface area contributed by atoms with E-state index < -0.39 is 5.79 Å². The van der Waals surface area contributed by atoms with E-state index in [0.29, 0.717) is 0 Å². The molecule has 0 aromatic rings. The number of nitrogens with zero attached hydrogens (tertiary/aromatic N) is 1. The number of rotatable bonds is 4. The quantitative estimate of drug-likeness (QED) is 0.480. The summed E-state index contributed by atoms with van der Waals surface area (Å²) in [5, 5.41) is 0. The molecule has 72 valence electrons. The van der Waals surface area contributed by atoms with Crippen molar-refractivity contribution in [3.05, 3.63) is 0 Å². The molecule has 0 aliphatic carbocycles. The van der Waals surface area contributed by atoms with Gasteiger partial charge in [-0.05, 0) is 27.7 Å². The fourth-order valence-corrected chi connectivity index (χ4v) is 0.883. The topological polar surface area (TPSA) is 30.8 Å². The zero-order valence-electron chi connectivity index (χ0n) is 8.84. The van der Waals surface area contributed by atoms with Crippen LogP contribution < -0.4 is 0 Å². The lowest BCUT2D eigenvalue weighted by molar-refractivity contribution is -0.140. The first-order chi connectivity index (χ1) is 5.46. The van der Waals surface area contributed by atoms with Crippen molar-refractivity contribution in [2.45, 2.75) is 39.5 Å². The Balaban J connectivity index is 4.51. The van der Waals surface area contributed by atoms with E-state index >= 15 is 0 Å². The van der Waals surface area contributed by atoms with Gasteiger partial charge < -0.3 is 9.47 Å². The van der Waals surface area contributed by atoms with E-state index in [1.165, 1.54) is 0 Å². The van der Waals surface area contributed by atoms with Crippen molar-refractivity contribution < 1.29 is 9.47 Å². The van der Waals surface area contributed by atoms with Crippen molar-refractivity contribution in [3.63, 3.8) is 0 Å². The number of methoxy groups -OCH3 is 2. The van der Waals surface area contributed by atoms with Gasteiger partial charge >= 0.3 is 0 Å². The second kappa shape index (κ2) is 4.58. The summed E-state index contributed by atoms with van der Waals surface area (Å²) in [4.78, 5) is 4.36. The monoisotopic (exact) mass is 173 g/mol. The van der Waals surface area contributed by atoms with Gasteiger partial charge in [0.1, 0.15) is 0 Å². The lowest BCUT2D eigenvalue weighted by Gasteiger charge is -2.26. The van der Waals surface area contributed by atoms with Gasteiger partial charge in [-0.15, -0.1) is 0 Å². The zero-order valence-corrected chi connectivity index (χ0v) is 8.84. The largest absolute Gasteiger partial charge is 0.349 e. The Hall–Kier alpha value is -0.410. The first-order valence-corrected chi connectivity index (χ1v) is 4.11. The maximum Gasteiger partial charge on any atom is 0.204 e. The average molecular weight is 173 g/mol. The van der Waals surface area contributed by atoms with Crippen molar-refractivity contribution in [2.75, 3.05) is 14.2 Å². The lowest BCUT2D eigenvalue weighted by atomic mass is 10.2. The van der Waals surface area contributed by atoms with Crippen molar-refractivity contribution in [3.8, 4) is 0 Å². The van der Waals surface area contributed by atoms with E-state index in [-0.39, 0.29) is 6.04 Å². The summed E-state index contributed by atoms with van der Waals surface area (Å²) < 4.78 is 10.4. The first-order valence-electron chi connectivity index (χ1n) is 4.11. The second-order valence-corrected chi connectivity index (χ2v) is 3.16. The molecule has 0 aromatic carbocycles. The van der Waals surface area contributed by atoms with Gasteiger partial charge in [-0.25, -0.2) is 0 Å². The molecule has 0 heterocycles. The summed E-state index contributed by atoms with van der Waals surface area (Å²) in [6.07, 6.45) is 0. The second-order valence-electron chi connectivity index (χ2n) is 3.16. The molecule has 12 heavy (non-hydrogen) atoms. The van der Waals surface area contributed by atoms with E-state index in [0.717, 1.165) is 5.71 Å². The Morgan fingerprint density at radius 1 is 1.25 bits per heavy atom. The van der Waals surface area contributed by atoms with Crippen molar-refractivity contribution in [1.82, 2.24) is 0 Å². The number of aliphatic imine (C=N–C) groups is 1. The minimum Gasteiger partial charge on any atom is -0.349 e. The summed E-state index contributed by atoms with van der Waals surface area (Å²) in [5.41, 5.74) is 0.863. The molecule has 0 saturated carbocycles. The van der Waals surface area contributed by atoms with Crippen LogP contribution in [0.3, 0.4) is 0 Å². The van der Waals surface area contributed by atoms with E-state index in [1.807, 2.05) is 27.7 Å². The molecule has 0 radical (unpaired) electrons. The molecule has 0 spiro atoms. The molecule has 0 aliphatic rings. The highest BCUT2D eigenvalue weighted by molar-refractivity contribution is 5.88. The summed E-state index contributed by atoms with van der Waals surface area (Å²) >= 11 is 0. The highest BCUT2D eigenvalue weighted by Crippen LogP contribution is 2.13. The maximum absolute atomic E-state index is 5.20. The lowest BCUT2D eigenvalue weighted by Crippen LogP contribution is -2.38. The molecule has 0 bridgehead atoms. The maximum atomic E-state index is 5.20. The molecule has 0 unspecified atom stereocenters. The van der Waals surface area contributed by atoms with Gasteiger partial charge in [0.2, 0.25) is 5.79 Å². The Labute approximate surface area is 74.8 Å². The highest BCUT2D eigenvalue weighted by Gasteiger charge is 2.26. The Morgan fingerprint density at radius 3 is 1.92 bits per heavy atom. The standard InChI is InChI=1S/C9H19NO2/c1-7(2)10-8(3)9(4,11-5)12-6/h7H,1-6H3. The average Bonchev–Trinajstić information content (AvgIpc) is 2.02. The third kappa shape index (κ3) is 2.91. The van der Waals surface area contributed by atoms with Crippen molar-refractivity contribution in [1.29, 1.82) is 0 Å². The summed E-state index contributed by atoms with van der Waals surface area (Å²) in [6, 6.07) is 0.273. The van der Waals surface area contributed by atoms with Crippen LogP contribution in [0.25, 0.3) is 0 Å². The van der Waals surface area contributed by atoms with E-state index in [4.69, 9.17) is 9.47 Å². The van der Waals surface area contributed by atoms with Crippen molar-refractivity contribution in [2.24, 2.45) is 4.99 Å². The van der Waals surface area contributed by atoms with E-state index in [1.54, 1.807) is 14.2 Å². The van der Waals surface area contributed by atoms with Gasteiger partial charge in [0.25, 0.3) is 0 Å². The van der Waals surface area contributed by atoms with Crippen LogP contribution in [0, 0.1) is 0 Å². The van der Waals surface area contributed by atoms with Crippen LogP contribution in [-0.2, 0) is 9.47 Å². The predicted octanol–water partition coefficient (Wildman–Crippen LogP) is 1.86. The molecule has 0 aliphatic heterocycles. The van der Waals surface area contributed by atoms with Gasteiger partial charge in [0.15, 0.2) is 0 Å². The molecule has 3 heteroatoms. The van der Waals surface area contributed by atoms with Gasteiger partial charge in [-0.2, -0.15) is 0 Å². The third-order valence-corrected chi connectivity index (χ3v) is 1.89. The van der Waals surface area contributed by atoms with E-state index in [2.05, 4.69) is 4.99 Å². The third-order valence-electron chi connectivity index (χ3n) is 1.89. The molecule has 0 N–H and O–H groups in total. The summed E-state index contributed by atoms with van der Waals surface area (Å²) in [7, 11) is 3.23. The number of ether oxygens (including phenoxy) is 2. The molecule has 0 aromatic heterocycles. The molecule has 0 saturated heterocycles. The fraction of sp³-hybridized carbons (Fsp3) is 0.889. The number of hydrogen-bond donors (Lipinski definition) is 0. The van der Waals surface area contributed by atoms with Crippen LogP contribution in [-0.4, -0.2) is 31.8 Å². The zero-order chi connectivity index (χ0) is 9.78.